The number of amides is 2. The number of morpholine rings is 1. The second kappa shape index (κ2) is 9.53. The smallest absolute Gasteiger partial charge is 0.253 e. The predicted molar refractivity (Wildman–Crippen MR) is 121 cm³/mol. The molecular weight excluding hydrogens is 390 g/mol. The molecule has 6 heteroatoms. The molecule has 1 aromatic rings. The van der Waals surface area contributed by atoms with Crippen LogP contribution in [-0.2, 0) is 14.3 Å². The number of hydrogen-bond acceptors (Lipinski definition) is 4. The first-order valence-corrected chi connectivity index (χ1v) is 11.7. The molecule has 1 saturated heterocycles. The normalized spacial score (nSPS) is 31.0. The molecule has 0 bridgehead atoms. The molecule has 3 aliphatic rings. The third kappa shape index (κ3) is 4.55. The number of likely N-dealkylation sites (N-methyl/N-ethyl adjacent to an activating group) is 1. The van der Waals surface area contributed by atoms with Gasteiger partial charge in [0.25, 0.3) is 5.91 Å². The zero-order valence-electron chi connectivity index (χ0n) is 18.6. The number of rotatable bonds is 1. The largest absolute Gasteiger partial charge is 0.362 e. The molecule has 0 radical (unpaired) electrons. The fraction of sp³-hybridized carbons (Fsp3) is 0.600. The molecule has 31 heavy (non-hydrogen) atoms. The molecule has 2 aliphatic heterocycles. The van der Waals surface area contributed by atoms with Crippen molar-refractivity contribution in [1.29, 1.82) is 0 Å². The molecule has 168 valence electrons. The molecule has 0 aromatic heterocycles. The third-order valence-corrected chi connectivity index (χ3v) is 7.36. The van der Waals surface area contributed by atoms with Gasteiger partial charge in [0.05, 0.1) is 18.1 Å². The average molecular weight is 426 g/mol. The number of benzene rings is 1. The Morgan fingerprint density at radius 1 is 1.06 bits per heavy atom. The molecule has 1 saturated carbocycles. The van der Waals surface area contributed by atoms with Crippen LogP contribution < -0.4 is 10.6 Å². The highest BCUT2D eigenvalue weighted by atomic mass is 16.5. The van der Waals surface area contributed by atoms with Gasteiger partial charge in [0.2, 0.25) is 5.91 Å². The molecule has 2 atom stereocenters. The summed E-state index contributed by atoms with van der Waals surface area (Å²) in [7, 11) is 1.92. The standard InChI is InChI=1S/C25H35N3O3/c1-28-22(29)21(20-10-5-4-6-11-20)12-7-2-3-8-15-25(19-26-16-17-31-25)23(30)27-18-24(28)13-9-14-24/h3-6,8,10-11,21,26H,2,7,9,12-19H2,1H3,(H,27,30)/b8-3+. The van der Waals surface area contributed by atoms with Crippen molar-refractivity contribution < 1.29 is 14.3 Å². The fourth-order valence-corrected chi connectivity index (χ4v) is 5.07. The molecule has 2 N–H and O–H groups in total. The molecule has 2 amide bonds. The van der Waals surface area contributed by atoms with Gasteiger partial charge in [0.1, 0.15) is 0 Å². The topological polar surface area (TPSA) is 70.7 Å². The summed E-state index contributed by atoms with van der Waals surface area (Å²) in [6.07, 6.45) is 10.3. The number of ether oxygens (including phenoxy) is 1. The molecule has 1 aromatic carbocycles. The lowest BCUT2D eigenvalue weighted by Gasteiger charge is -2.50. The summed E-state index contributed by atoms with van der Waals surface area (Å²) in [6, 6.07) is 10.1. The highest BCUT2D eigenvalue weighted by Crippen LogP contribution is 2.39. The van der Waals surface area contributed by atoms with Crippen molar-refractivity contribution in [3.63, 3.8) is 0 Å². The van der Waals surface area contributed by atoms with E-state index < -0.39 is 5.60 Å². The summed E-state index contributed by atoms with van der Waals surface area (Å²) < 4.78 is 6.01. The Hall–Kier alpha value is -2.18. The number of nitrogens with zero attached hydrogens (tertiary/aromatic N) is 1. The molecule has 4 rings (SSSR count). The second-order valence-corrected chi connectivity index (χ2v) is 9.25. The summed E-state index contributed by atoms with van der Waals surface area (Å²) in [5, 5.41) is 6.48. The number of carbonyl (C=O) groups is 2. The third-order valence-electron chi connectivity index (χ3n) is 7.36. The lowest BCUT2D eigenvalue weighted by molar-refractivity contribution is -0.153. The van der Waals surface area contributed by atoms with Gasteiger partial charge in [-0.3, -0.25) is 9.59 Å². The van der Waals surface area contributed by atoms with Crippen molar-refractivity contribution in [2.75, 3.05) is 33.3 Å². The quantitative estimate of drug-likeness (QED) is 0.679. The van der Waals surface area contributed by atoms with Crippen molar-refractivity contribution in [1.82, 2.24) is 15.5 Å². The maximum absolute atomic E-state index is 13.7. The molecule has 2 spiro atoms. The predicted octanol–water partition coefficient (Wildman–Crippen LogP) is 2.76. The maximum atomic E-state index is 13.7. The molecule has 1 aliphatic carbocycles. The number of nitrogens with one attached hydrogen (secondary N) is 2. The van der Waals surface area contributed by atoms with Crippen LogP contribution in [0.3, 0.4) is 0 Å². The maximum Gasteiger partial charge on any atom is 0.253 e. The van der Waals surface area contributed by atoms with E-state index in [9.17, 15) is 9.59 Å². The Balaban J connectivity index is 1.60. The van der Waals surface area contributed by atoms with Crippen LogP contribution in [0.2, 0.25) is 0 Å². The second-order valence-electron chi connectivity index (χ2n) is 9.25. The van der Waals surface area contributed by atoms with Gasteiger partial charge in [-0.25, -0.2) is 0 Å². The zero-order valence-corrected chi connectivity index (χ0v) is 18.6. The van der Waals surface area contributed by atoms with Gasteiger partial charge in [-0.05, 0) is 44.1 Å². The minimum atomic E-state index is -0.862. The van der Waals surface area contributed by atoms with E-state index >= 15 is 0 Å². The van der Waals surface area contributed by atoms with Crippen LogP contribution >= 0.6 is 0 Å². The fourth-order valence-electron chi connectivity index (χ4n) is 5.07. The molecule has 2 heterocycles. The Morgan fingerprint density at radius 3 is 2.55 bits per heavy atom. The van der Waals surface area contributed by atoms with Crippen molar-refractivity contribution in [3.8, 4) is 0 Å². The highest BCUT2D eigenvalue weighted by Gasteiger charge is 2.47. The van der Waals surface area contributed by atoms with Crippen LogP contribution in [0, 0.1) is 0 Å². The SMILES string of the molecule is CN1C(=O)C(c2ccccc2)CCC/C=C/CC2(CNCCO2)C(=O)NCC12CCC2. The van der Waals surface area contributed by atoms with Crippen LogP contribution in [0.1, 0.15) is 56.4 Å². The van der Waals surface area contributed by atoms with Crippen molar-refractivity contribution in [2.24, 2.45) is 0 Å². The van der Waals surface area contributed by atoms with Gasteiger partial charge in [-0.2, -0.15) is 0 Å². The Labute approximate surface area is 185 Å². The first kappa shape index (κ1) is 22.0. The van der Waals surface area contributed by atoms with Crippen LogP contribution in [0.5, 0.6) is 0 Å². The van der Waals surface area contributed by atoms with Crippen LogP contribution in [0.25, 0.3) is 0 Å². The first-order valence-electron chi connectivity index (χ1n) is 11.7. The zero-order chi connectivity index (χ0) is 21.7. The summed E-state index contributed by atoms with van der Waals surface area (Å²) in [6.45, 7) is 2.29. The van der Waals surface area contributed by atoms with Gasteiger partial charge in [-0.15, -0.1) is 0 Å². The number of hydrogen-bond donors (Lipinski definition) is 2. The summed E-state index contributed by atoms with van der Waals surface area (Å²) in [5.41, 5.74) is -0.0864. The van der Waals surface area contributed by atoms with Crippen molar-refractivity contribution >= 4 is 11.8 Å². The highest BCUT2D eigenvalue weighted by molar-refractivity contribution is 5.87. The van der Waals surface area contributed by atoms with E-state index in [1.807, 2.05) is 30.1 Å². The summed E-state index contributed by atoms with van der Waals surface area (Å²) >= 11 is 0. The van der Waals surface area contributed by atoms with Gasteiger partial charge in [0, 0.05) is 33.1 Å². The Bertz CT molecular complexity index is 797. The van der Waals surface area contributed by atoms with Gasteiger partial charge in [-0.1, -0.05) is 42.5 Å². The lowest BCUT2D eigenvalue weighted by atomic mass is 9.74. The monoisotopic (exact) mass is 425 g/mol. The van der Waals surface area contributed by atoms with Crippen molar-refractivity contribution in [3.05, 3.63) is 48.0 Å². The Kier molecular flexibility index (Phi) is 6.77. The van der Waals surface area contributed by atoms with Crippen LogP contribution in [-0.4, -0.2) is 61.1 Å². The van der Waals surface area contributed by atoms with E-state index in [1.54, 1.807) is 0 Å². The number of carbonyl (C=O) groups excluding carboxylic acids is 2. The van der Waals surface area contributed by atoms with E-state index in [-0.39, 0.29) is 23.3 Å². The Morgan fingerprint density at radius 2 is 1.87 bits per heavy atom. The molecule has 6 nitrogen and oxygen atoms in total. The minimum absolute atomic E-state index is 0.0758. The molecular formula is C25H35N3O3. The van der Waals surface area contributed by atoms with Gasteiger partial charge >= 0.3 is 0 Å². The molecule has 2 unspecified atom stereocenters. The number of allylic oxidation sites excluding steroid dienone is 1. The average Bonchev–Trinajstić information content (AvgIpc) is 2.78. The van der Waals surface area contributed by atoms with E-state index in [0.717, 1.165) is 50.6 Å². The van der Waals surface area contributed by atoms with E-state index in [1.165, 1.54) is 0 Å². The van der Waals surface area contributed by atoms with E-state index in [4.69, 9.17) is 4.74 Å². The minimum Gasteiger partial charge on any atom is -0.362 e. The van der Waals surface area contributed by atoms with E-state index in [0.29, 0.717) is 26.1 Å². The first-order chi connectivity index (χ1) is 15.1. The van der Waals surface area contributed by atoms with Crippen LogP contribution in [0.4, 0.5) is 0 Å². The van der Waals surface area contributed by atoms with Gasteiger partial charge in [0.15, 0.2) is 5.60 Å². The summed E-state index contributed by atoms with van der Waals surface area (Å²) in [5.74, 6) is -0.0624. The van der Waals surface area contributed by atoms with Gasteiger partial charge < -0.3 is 20.3 Å². The van der Waals surface area contributed by atoms with Crippen molar-refractivity contribution in [2.45, 2.75) is 62.0 Å². The molecule has 2 fully saturated rings. The van der Waals surface area contributed by atoms with Crippen LogP contribution in [0.15, 0.2) is 42.5 Å². The summed E-state index contributed by atoms with van der Waals surface area (Å²) in [4.78, 5) is 28.8. The lowest BCUT2D eigenvalue weighted by Crippen LogP contribution is -2.64. The van der Waals surface area contributed by atoms with E-state index in [2.05, 4.69) is 34.9 Å².